The second kappa shape index (κ2) is 3.33. The molecule has 2 heterocycles. The van der Waals surface area contributed by atoms with Gasteiger partial charge in [-0.15, -0.1) is 0 Å². The molecule has 1 aromatic rings. The third-order valence-electron chi connectivity index (χ3n) is 2.34. The van der Waals surface area contributed by atoms with Crippen molar-refractivity contribution in [3.05, 3.63) is 12.4 Å². The summed E-state index contributed by atoms with van der Waals surface area (Å²) in [6.07, 6.45) is 3.13. The minimum Gasteiger partial charge on any atom is -0.396 e. The third kappa shape index (κ3) is 1.65. The zero-order valence-electron chi connectivity index (χ0n) is 7.28. The van der Waals surface area contributed by atoms with Crippen LogP contribution < -0.4 is 11.1 Å². The van der Waals surface area contributed by atoms with Crippen molar-refractivity contribution in [1.29, 1.82) is 0 Å². The SMILES string of the molecule is Nc1cnn([C@@H]2CCNC[C@H]2F)c1. The van der Waals surface area contributed by atoms with E-state index in [0.29, 0.717) is 12.2 Å². The van der Waals surface area contributed by atoms with Crippen molar-refractivity contribution < 1.29 is 4.39 Å². The molecule has 1 saturated heterocycles. The standard InChI is InChI=1S/C8H13FN4/c9-7-4-11-2-1-8(7)13-5-6(10)3-12-13/h3,5,7-8,11H,1-2,4,10H2/t7-,8-/m1/s1. The largest absolute Gasteiger partial charge is 0.396 e. The van der Waals surface area contributed by atoms with E-state index in [-0.39, 0.29) is 6.04 Å². The van der Waals surface area contributed by atoms with Gasteiger partial charge >= 0.3 is 0 Å². The molecule has 3 N–H and O–H groups in total. The summed E-state index contributed by atoms with van der Waals surface area (Å²) in [5.74, 6) is 0. The lowest BCUT2D eigenvalue weighted by atomic mass is 10.1. The van der Waals surface area contributed by atoms with E-state index >= 15 is 0 Å². The Kier molecular flexibility index (Phi) is 2.18. The number of nitrogens with zero attached hydrogens (tertiary/aromatic N) is 2. The maximum absolute atomic E-state index is 13.4. The summed E-state index contributed by atoms with van der Waals surface area (Å²) in [5.41, 5.74) is 6.10. The minimum atomic E-state index is -0.868. The highest BCUT2D eigenvalue weighted by Crippen LogP contribution is 2.21. The fraction of sp³-hybridized carbons (Fsp3) is 0.625. The highest BCUT2D eigenvalue weighted by molar-refractivity contribution is 5.30. The molecule has 1 aliphatic heterocycles. The van der Waals surface area contributed by atoms with Crippen LogP contribution in [0, 0.1) is 0 Å². The van der Waals surface area contributed by atoms with E-state index in [0.717, 1.165) is 13.0 Å². The number of aromatic nitrogens is 2. The smallest absolute Gasteiger partial charge is 0.135 e. The summed E-state index contributed by atoms with van der Waals surface area (Å²) in [6, 6.07) is -0.154. The Morgan fingerprint density at radius 2 is 2.54 bits per heavy atom. The minimum absolute atomic E-state index is 0.154. The normalized spacial score (nSPS) is 29.0. The van der Waals surface area contributed by atoms with Crippen molar-refractivity contribution in [2.24, 2.45) is 0 Å². The molecule has 1 aromatic heterocycles. The summed E-state index contributed by atoms with van der Waals surface area (Å²) in [5, 5.41) is 7.01. The Labute approximate surface area is 75.9 Å². The van der Waals surface area contributed by atoms with Crippen LogP contribution in [-0.4, -0.2) is 29.0 Å². The molecule has 1 aliphatic rings. The molecule has 5 heteroatoms. The van der Waals surface area contributed by atoms with Crippen LogP contribution in [0.5, 0.6) is 0 Å². The predicted molar refractivity (Wildman–Crippen MR) is 48.1 cm³/mol. The van der Waals surface area contributed by atoms with Gasteiger partial charge in [0.2, 0.25) is 0 Å². The van der Waals surface area contributed by atoms with Gasteiger partial charge in [0.25, 0.3) is 0 Å². The molecule has 2 rings (SSSR count). The molecule has 13 heavy (non-hydrogen) atoms. The predicted octanol–water partition coefficient (Wildman–Crippen LogP) is 0.338. The monoisotopic (exact) mass is 184 g/mol. The first-order valence-electron chi connectivity index (χ1n) is 4.42. The van der Waals surface area contributed by atoms with Crippen molar-refractivity contribution in [3.8, 4) is 0 Å². The summed E-state index contributed by atoms with van der Waals surface area (Å²) in [6.45, 7) is 1.25. The lowest BCUT2D eigenvalue weighted by molar-refractivity contribution is 0.173. The van der Waals surface area contributed by atoms with Crippen molar-refractivity contribution >= 4 is 5.69 Å². The summed E-state index contributed by atoms with van der Waals surface area (Å²) >= 11 is 0. The molecule has 2 atom stereocenters. The molecule has 0 radical (unpaired) electrons. The topological polar surface area (TPSA) is 55.9 Å². The van der Waals surface area contributed by atoms with Gasteiger partial charge in [0.05, 0.1) is 17.9 Å². The molecular formula is C8H13FN4. The number of nitrogens with two attached hydrogens (primary N) is 1. The van der Waals surface area contributed by atoms with E-state index in [1.165, 1.54) is 0 Å². The highest BCUT2D eigenvalue weighted by atomic mass is 19.1. The van der Waals surface area contributed by atoms with Gasteiger partial charge in [-0.25, -0.2) is 4.39 Å². The lowest BCUT2D eigenvalue weighted by Gasteiger charge is -2.26. The maximum atomic E-state index is 13.4. The zero-order chi connectivity index (χ0) is 9.26. The molecule has 0 saturated carbocycles. The van der Waals surface area contributed by atoms with E-state index in [2.05, 4.69) is 10.4 Å². The van der Waals surface area contributed by atoms with Crippen molar-refractivity contribution in [1.82, 2.24) is 15.1 Å². The fourth-order valence-corrected chi connectivity index (χ4v) is 1.64. The van der Waals surface area contributed by atoms with Crippen molar-refractivity contribution in [2.45, 2.75) is 18.6 Å². The number of nitrogen functional groups attached to an aromatic ring is 1. The van der Waals surface area contributed by atoms with Crippen molar-refractivity contribution in [2.75, 3.05) is 18.8 Å². The fourth-order valence-electron chi connectivity index (χ4n) is 1.64. The zero-order valence-corrected chi connectivity index (χ0v) is 7.28. The van der Waals surface area contributed by atoms with E-state index in [4.69, 9.17) is 5.73 Å². The molecule has 1 fully saturated rings. The number of hydrogen-bond donors (Lipinski definition) is 2. The number of anilines is 1. The molecule has 0 aromatic carbocycles. The maximum Gasteiger partial charge on any atom is 0.135 e. The van der Waals surface area contributed by atoms with Gasteiger partial charge in [0.15, 0.2) is 0 Å². The van der Waals surface area contributed by atoms with Gasteiger partial charge in [0.1, 0.15) is 6.17 Å². The van der Waals surface area contributed by atoms with Crippen LogP contribution in [-0.2, 0) is 0 Å². The van der Waals surface area contributed by atoms with E-state index in [1.807, 2.05) is 0 Å². The second-order valence-electron chi connectivity index (χ2n) is 3.33. The third-order valence-corrected chi connectivity index (χ3v) is 2.34. The van der Waals surface area contributed by atoms with Gasteiger partial charge in [-0.2, -0.15) is 5.10 Å². The Morgan fingerprint density at radius 3 is 3.15 bits per heavy atom. The van der Waals surface area contributed by atoms with Gasteiger partial charge in [0, 0.05) is 12.7 Å². The van der Waals surface area contributed by atoms with Crippen LogP contribution >= 0.6 is 0 Å². The Bertz CT molecular complexity index is 285. The average molecular weight is 184 g/mol. The van der Waals surface area contributed by atoms with Gasteiger partial charge in [-0.3, -0.25) is 4.68 Å². The first-order valence-corrected chi connectivity index (χ1v) is 4.42. The molecule has 0 unspecified atom stereocenters. The highest BCUT2D eigenvalue weighted by Gasteiger charge is 2.26. The molecule has 0 bridgehead atoms. The molecule has 4 nitrogen and oxygen atoms in total. The number of halogens is 1. The number of hydrogen-bond acceptors (Lipinski definition) is 3. The van der Waals surface area contributed by atoms with Crippen LogP contribution in [0.2, 0.25) is 0 Å². The number of alkyl halides is 1. The Hall–Kier alpha value is -1.10. The average Bonchev–Trinajstić information content (AvgIpc) is 2.53. The van der Waals surface area contributed by atoms with Crippen LogP contribution in [0.1, 0.15) is 12.5 Å². The molecule has 0 spiro atoms. The summed E-state index contributed by atoms with van der Waals surface area (Å²) in [7, 11) is 0. The Morgan fingerprint density at radius 1 is 1.69 bits per heavy atom. The van der Waals surface area contributed by atoms with Crippen LogP contribution in [0.15, 0.2) is 12.4 Å². The number of nitrogens with one attached hydrogen (secondary N) is 1. The number of rotatable bonds is 1. The lowest BCUT2D eigenvalue weighted by Crippen LogP contribution is -2.39. The quantitative estimate of drug-likeness (QED) is 0.661. The molecule has 0 aliphatic carbocycles. The van der Waals surface area contributed by atoms with Gasteiger partial charge < -0.3 is 11.1 Å². The first-order chi connectivity index (χ1) is 6.27. The molecular weight excluding hydrogens is 171 g/mol. The van der Waals surface area contributed by atoms with E-state index in [1.54, 1.807) is 17.1 Å². The number of piperidine rings is 1. The van der Waals surface area contributed by atoms with Crippen molar-refractivity contribution in [3.63, 3.8) is 0 Å². The Balaban J connectivity index is 2.14. The summed E-state index contributed by atoms with van der Waals surface area (Å²) in [4.78, 5) is 0. The van der Waals surface area contributed by atoms with Crippen LogP contribution in [0.4, 0.5) is 10.1 Å². The van der Waals surface area contributed by atoms with Gasteiger partial charge in [-0.05, 0) is 13.0 Å². The molecule has 0 amide bonds. The first kappa shape index (κ1) is 8.50. The van der Waals surface area contributed by atoms with Crippen LogP contribution in [0.3, 0.4) is 0 Å². The van der Waals surface area contributed by atoms with E-state index < -0.39 is 6.17 Å². The van der Waals surface area contributed by atoms with Crippen LogP contribution in [0.25, 0.3) is 0 Å². The summed E-state index contributed by atoms with van der Waals surface area (Å²) < 4.78 is 15.0. The van der Waals surface area contributed by atoms with Gasteiger partial charge in [-0.1, -0.05) is 0 Å². The molecule has 72 valence electrons. The van der Waals surface area contributed by atoms with E-state index in [9.17, 15) is 4.39 Å². The second-order valence-corrected chi connectivity index (χ2v) is 3.33.